The van der Waals surface area contributed by atoms with Gasteiger partial charge in [-0.3, -0.25) is 0 Å². The van der Waals surface area contributed by atoms with Gasteiger partial charge in [0.1, 0.15) is 5.82 Å². The van der Waals surface area contributed by atoms with E-state index in [4.69, 9.17) is 14.6 Å². The minimum Gasteiger partial charge on any atom is -0.462 e. The van der Waals surface area contributed by atoms with Crippen molar-refractivity contribution in [3.05, 3.63) is 77.2 Å². The van der Waals surface area contributed by atoms with Crippen molar-refractivity contribution in [2.24, 2.45) is 0 Å². The Morgan fingerprint density at radius 1 is 1.17 bits per heavy atom. The maximum atomic E-state index is 13.5. The lowest BCUT2D eigenvalue weighted by Gasteiger charge is -2.25. The van der Waals surface area contributed by atoms with E-state index < -0.39 is 41.6 Å². The zero-order valence-corrected chi connectivity index (χ0v) is 19.3. The van der Waals surface area contributed by atoms with Crippen molar-refractivity contribution in [1.82, 2.24) is 14.2 Å². The van der Waals surface area contributed by atoms with Crippen LogP contribution in [0, 0.1) is 11.2 Å². The van der Waals surface area contributed by atoms with Crippen molar-refractivity contribution in [2.45, 2.75) is 38.6 Å². The Morgan fingerprint density at radius 2 is 1.86 bits per heavy atom. The molecule has 0 saturated heterocycles. The molecule has 3 aromatic heterocycles. The van der Waals surface area contributed by atoms with Gasteiger partial charge >= 0.3 is 17.8 Å². The number of esters is 1. The van der Waals surface area contributed by atoms with Gasteiger partial charge in [-0.15, -0.1) is 5.10 Å². The largest absolute Gasteiger partial charge is 0.462 e. The number of pyridine rings is 1. The number of hydrogen-bond acceptors (Lipinski definition) is 6. The van der Waals surface area contributed by atoms with Gasteiger partial charge in [-0.2, -0.15) is 13.2 Å². The minimum atomic E-state index is -5.04. The molecule has 4 aromatic rings. The van der Waals surface area contributed by atoms with Crippen LogP contribution in [0.4, 0.5) is 17.6 Å². The second-order valence-corrected chi connectivity index (χ2v) is 8.05. The van der Waals surface area contributed by atoms with Gasteiger partial charge in [0.15, 0.2) is 0 Å². The number of nitrogens with zero attached hydrogens (tertiary/aromatic N) is 3. The highest BCUT2D eigenvalue weighted by molar-refractivity contribution is 5.99. The van der Waals surface area contributed by atoms with E-state index in [9.17, 15) is 27.5 Å². The lowest BCUT2D eigenvalue weighted by Crippen LogP contribution is -2.42. The molecule has 12 heteroatoms. The lowest BCUT2D eigenvalue weighted by atomic mass is 10.0. The minimum absolute atomic E-state index is 0.137. The normalized spacial score (nSPS) is 13.6. The number of rotatable bonds is 7. The number of aromatic nitrogens is 3. The molecule has 1 aromatic carbocycles. The molecule has 0 bridgehead atoms. The van der Waals surface area contributed by atoms with Crippen molar-refractivity contribution in [2.75, 3.05) is 6.61 Å². The third-order valence-corrected chi connectivity index (χ3v) is 5.76. The number of aliphatic hydroxyl groups is 1. The second kappa shape index (κ2) is 9.26. The molecule has 1 atom stereocenters. The first-order valence-electron chi connectivity index (χ1n) is 11.0. The summed E-state index contributed by atoms with van der Waals surface area (Å²) in [6, 6.07) is 10.5. The number of fused-ring (bicyclic) bond motifs is 1. The summed E-state index contributed by atoms with van der Waals surface area (Å²) in [5.74, 6) is -2.03. The highest BCUT2D eigenvalue weighted by Crippen LogP contribution is 2.40. The molecule has 8 nitrogen and oxygen atoms in total. The number of nitrogens with one attached hydrogen (secondary N) is 1. The van der Waals surface area contributed by atoms with Crippen LogP contribution < -0.4 is 5.68 Å². The van der Waals surface area contributed by atoms with Crippen LogP contribution in [0.1, 0.15) is 42.1 Å². The molecule has 0 fully saturated rings. The summed E-state index contributed by atoms with van der Waals surface area (Å²) in [5, 5.41) is 21.7. The molecule has 0 amide bonds. The van der Waals surface area contributed by atoms with Crippen molar-refractivity contribution < 1.29 is 36.6 Å². The summed E-state index contributed by atoms with van der Waals surface area (Å²) in [4.78, 5) is 12.6. The van der Waals surface area contributed by atoms with Crippen molar-refractivity contribution in [3.8, 4) is 11.3 Å². The van der Waals surface area contributed by atoms with Gasteiger partial charge in [0.05, 0.1) is 24.4 Å². The highest BCUT2D eigenvalue weighted by Gasteiger charge is 2.57. The first-order chi connectivity index (χ1) is 17.0. The number of alkyl halides is 3. The molecule has 0 aliphatic heterocycles. The first kappa shape index (κ1) is 25.2. The van der Waals surface area contributed by atoms with E-state index in [1.54, 1.807) is 35.7 Å². The second-order valence-electron chi connectivity index (χ2n) is 8.05. The summed E-state index contributed by atoms with van der Waals surface area (Å²) >= 11 is 0. The molecule has 4 rings (SSSR count). The van der Waals surface area contributed by atoms with Crippen LogP contribution in [0.5, 0.6) is 0 Å². The maximum Gasteiger partial charge on any atom is 0.426 e. The Hall–Kier alpha value is -3.93. The smallest absolute Gasteiger partial charge is 0.426 e. The van der Waals surface area contributed by atoms with Gasteiger partial charge in [0, 0.05) is 11.7 Å². The Kier molecular flexibility index (Phi) is 6.48. The maximum absolute atomic E-state index is 13.5. The molecular weight excluding hydrogens is 484 g/mol. The zero-order chi connectivity index (χ0) is 26.3. The third kappa shape index (κ3) is 4.39. The fourth-order valence-electron chi connectivity index (χ4n) is 3.83. The summed E-state index contributed by atoms with van der Waals surface area (Å²) in [7, 11) is 0. The average molecular weight is 506 g/mol. The van der Waals surface area contributed by atoms with Crippen molar-refractivity contribution in [1.29, 1.82) is 5.41 Å². The van der Waals surface area contributed by atoms with E-state index in [-0.39, 0.29) is 18.7 Å². The first-order valence-corrected chi connectivity index (χ1v) is 11.0. The van der Waals surface area contributed by atoms with Gasteiger partial charge in [0.2, 0.25) is 5.60 Å². The topological polar surface area (TPSA) is 106 Å². The highest BCUT2D eigenvalue weighted by atomic mass is 19.4. The van der Waals surface area contributed by atoms with E-state index in [2.05, 4.69) is 5.10 Å². The van der Waals surface area contributed by atoms with E-state index in [0.29, 0.717) is 22.3 Å². The number of carbonyl (C=O) groups excluding carboxylic acids is 1. The van der Waals surface area contributed by atoms with Gasteiger partial charge < -0.3 is 18.7 Å². The molecule has 2 N–H and O–H groups in total. The van der Waals surface area contributed by atoms with Gasteiger partial charge in [-0.1, -0.05) is 6.92 Å². The number of benzene rings is 1. The summed E-state index contributed by atoms with van der Waals surface area (Å²) < 4.78 is 66.2. The molecule has 0 radical (unpaired) electrons. The van der Waals surface area contributed by atoms with Crippen LogP contribution in [0.2, 0.25) is 0 Å². The summed E-state index contributed by atoms with van der Waals surface area (Å²) in [6.07, 6.45) is -4.15. The quantitative estimate of drug-likeness (QED) is 0.286. The number of ether oxygens (including phenoxy) is 1. The van der Waals surface area contributed by atoms with Crippen LogP contribution in [0.3, 0.4) is 0 Å². The molecule has 3 heterocycles. The Labute approximate surface area is 201 Å². The zero-order valence-electron chi connectivity index (χ0n) is 19.3. The molecule has 0 spiro atoms. The average Bonchev–Trinajstić information content (AvgIpc) is 3.39. The van der Waals surface area contributed by atoms with Crippen LogP contribution in [-0.2, 0) is 16.9 Å². The molecule has 0 aliphatic rings. The van der Waals surface area contributed by atoms with E-state index in [1.165, 1.54) is 24.3 Å². The monoisotopic (exact) mass is 506 g/mol. The van der Waals surface area contributed by atoms with Gasteiger partial charge in [-0.25, -0.2) is 19.3 Å². The van der Waals surface area contributed by atoms with Crippen LogP contribution >= 0.6 is 0 Å². The number of carbonyl (C=O) groups is 1. The van der Waals surface area contributed by atoms with Gasteiger partial charge in [-0.05, 0) is 66.9 Å². The summed E-state index contributed by atoms with van der Waals surface area (Å²) in [5.41, 5.74) is -1.62. The van der Waals surface area contributed by atoms with E-state index in [0.717, 1.165) is 11.6 Å². The molecule has 36 heavy (non-hydrogen) atoms. The van der Waals surface area contributed by atoms with Crippen molar-refractivity contribution >= 4 is 11.5 Å². The van der Waals surface area contributed by atoms with Crippen LogP contribution in [0.15, 0.2) is 53.1 Å². The Morgan fingerprint density at radius 3 is 2.47 bits per heavy atom. The van der Waals surface area contributed by atoms with Crippen molar-refractivity contribution in [3.63, 3.8) is 0 Å². The van der Waals surface area contributed by atoms with E-state index >= 15 is 0 Å². The molecule has 0 saturated carbocycles. The van der Waals surface area contributed by atoms with Crippen LogP contribution in [0.25, 0.3) is 16.8 Å². The fourth-order valence-corrected chi connectivity index (χ4v) is 3.83. The van der Waals surface area contributed by atoms with E-state index in [1.807, 2.05) is 0 Å². The lowest BCUT2D eigenvalue weighted by molar-refractivity contribution is -0.275. The van der Waals surface area contributed by atoms with Crippen LogP contribution in [-0.4, -0.2) is 38.0 Å². The molecule has 0 aliphatic carbocycles. The Bertz CT molecular complexity index is 1470. The third-order valence-electron chi connectivity index (χ3n) is 5.76. The molecule has 1 unspecified atom stereocenters. The summed E-state index contributed by atoms with van der Waals surface area (Å²) in [6.45, 7) is 2.82. The predicted molar refractivity (Wildman–Crippen MR) is 118 cm³/mol. The Balaban J connectivity index is 1.75. The SMILES string of the molecule is CCOC(=O)c1cc2cc(Cn3nc(C(O)(CC)C(F)(F)F)oc3=N)ccn2c1-c1ccc(F)cc1. The number of halogens is 4. The predicted octanol–water partition coefficient (Wildman–Crippen LogP) is 4.40. The van der Waals surface area contributed by atoms with Gasteiger partial charge in [0.25, 0.3) is 5.89 Å². The molecular formula is C24H22F4N4O4. The molecule has 190 valence electrons. The fraction of sp³-hybridized carbons (Fsp3) is 0.292. The standard InChI is InChI=1S/C24H22F4N4O4/c1-3-23(34,24(26,27)28)21-30-32(22(29)36-21)13-14-9-10-31-17(11-14)12-18(20(33)35-4-2)19(31)15-5-7-16(25)8-6-15/h5-12,29,34H,3-4,13H2,1-2H3. The number of hydrogen-bond donors (Lipinski definition) is 2.